The number of aryl methyl sites for hydroxylation is 2. The summed E-state index contributed by atoms with van der Waals surface area (Å²) in [7, 11) is 0. The highest BCUT2D eigenvalue weighted by Crippen LogP contribution is 2.37. The van der Waals surface area contributed by atoms with Gasteiger partial charge in [0.05, 0.1) is 17.7 Å². The van der Waals surface area contributed by atoms with Crippen molar-refractivity contribution >= 4 is 17.3 Å². The summed E-state index contributed by atoms with van der Waals surface area (Å²) in [5.41, 5.74) is 7.46. The van der Waals surface area contributed by atoms with E-state index in [-0.39, 0.29) is 0 Å². The summed E-state index contributed by atoms with van der Waals surface area (Å²) in [6, 6.07) is 25.4. The van der Waals surface area contributed by atoms with Gasteiger partial charge in [-0.1, -0.05) is 101 Å². The highest BCUT2D eigenvalue weighted by atomic mass is 35.5. The van der Waals surface area contributed by atoms with Crippen LogP contribution in [0.5, 0.6) is 0 Å². The molecule has 1 aliphatic heterocycles. The van der Waals surface area contributed by atoms with Gasteiger partial charge in [0.1, 0.15) is 0 Å². The molecule has 1 saturated heterocycles. The number of hydrogen-bond donors (Lipinski definition) is 0. The Morgan fingerprint density at radius 2 is 1.53 bits per heavy atom. The average molecular weight is 531 g/mol. The summed E-state index contributed by atoms with van der Waals surface area (Å²) in [4.78, 5) is 2.57. The van der Waals surface area contributed by atoms with Crippen molar-refractivity contribution in [2.75, 3.05) is 11.4 Å². The third-order valence-corrected chi connectivity index (χ3v) is 7.77. The Morgan fingerprint density at radius 3 is 2.03 bits per heavy atom. The first-order valence-electron chi connectivity index (χ1n) is 14.3. The summed E-state index contributed by atoms with van der Waals surface area (Å²) in [5.74, 6) is 1.48. The van der Waals surface area contributed by atoms with Gasteiger partial charge in [-0.25, -0.2) is 0 Å². The molecule has 0 saturated carbocycles. The molecule has 0 aliphatic carbocycles. The monoisotopic (exact) mass is 530 g/mol. The van der Waals surface area contributed by atoms with Gasteiger partial charge in [-0.3, -0.25) is 0 Å². The second-order valence-corrected chi connectivity index (χ2v) is 11.3. The molecule has 2 nitrogen and oxygen atoms in total. The maximum absolute atomic E-state index is 8.52. The van der Waals surface area contributed by atoms with Gasteiger partial charge in [0, 0.05) is 17.3 Å². The molecule has 4 rings (SSSR count). The maximum atomic E-state index is 8.52. The van der Waals surface area contributed by atoms with Gasteiger partial charge in [-0.2, -0.15) is 5.26 Å². The van der Waals surface area contributed by atoms with Crippen LogP contribution in [0.15, 0.2) is 66.7 Å². The first-order valence-corrected chi connectivity index (χ1v) is 14.7. The molecule has 0 radical (unpaired) electrons. The molecule has 3 aromatic carbocycles. The fourth-order valence-corrected chi connectivity index (χ4v) is 4.74. The molecular formula is C35H47ClN2. The molecule has 1 fully saturated rings. The standard InChI is InChI=1S/C19H22ClN.C10H11N.C6H14/c1-14-6-11-18(15(2)13-14)21-12-4-3-5-19(21)16-7-9-17(20)10-8-16;1-8(2)10-5-3-9(7-11)4-6-10;1-4-6(3)5-2/h6-11,13,19H,3-5,12H2,1-2H3;3-6,8H,1-2H3;6H,4-5H2,1-3H3/t19-;;/m0../s1. The Kier molecular flexibility index (Phi) is 13.5. The Balaban J connectivity index is 0.000000249. The van der Waals surface area contributed by atoms with Crippen molar-refractivity contribution in [1.29, 1.82) is 5.26 Å². The van der Waals surface area contributed by atoms with Crippen LogP contribution in [0.25, 0.3) is 0 Å². The Labute approximate surface area is 237 Å². The third kappa shape index (κ3) is 9.85. The number of halogens is 1. The van der Waals surface area contributed by atoms with E-state index >= 15 is 0 Å². The van der Waals surface area contributed by atoms with Crippen LogP contribution in [0.3, 0.4) is 0 Å². The van der Waals surface area contributed by atoms with Gasteiger partial charge < -0.3 is 4.90 Å². The SMILES string of the molecule is CC(C)c1ccc(C#N)cc1.CCC(C)CC.Cc1ccc(N2CCCC[C@H]2c2ccc(Cl)cc2)c(C)c1. The van der Waals surface area contributed by atoms with Crippen molar-refractivity contribution in [3.05, 3.63) is 99.6 Å². The average Bonchev–Trinajstić information content (AvgIpc) is 2.94. The van der Waals surface area contributed by atoms with Crippen LogP contribution < -0.4 is 4.90 Å². The molecule has 0 N–H and O–H groups in total. The number of rotatable bonds is 5. The van der Waals surface area contributed by atoms with Gasteiger partial charge in [0.2, 0.25) is 0 Å². The molecule has 1 aliphatic rings. The van der Waals surface area contributed by atoms with Crippen LogP contribution in [-0.4, -0.2) is 6.54 Å². The number of nitriles is 1. The van der Waals surface area contributed by atoms with Crippen LogP contribution >= 0.6 is 11.6 Å². The summed E-state index contributed by atoms with van der Waals surface area (Å²) < 4.78 is 0. The van der Waals surface area contributed by atoms with E-state index in [1.54, 1.807) is 0 Å². The molecule has 3 heteroatoms. The minimum atomic E-state index is 0.470. The number of anilines is 1. The second-order valence-electron chi connectivity index (χ2n) is 10.9. The zero-order valence-corrected chi connectivity index (χ0v) is 25.4. The number of nitrogens with zero attached hydrogens (tertiary/aromatic N) is 2. The maximum Gasteiger partial charge on any atom is 0.0991 e. The lowest BCUT2D eigenvalue weighted by molar-refractivity contribution is 0.472. The van der Waals surface area contributed by atoms with Crippen molar-refractivity contribution in [2.45, 2.75) is 92.5 Å². The Morgan fingerprint density at radius 1 is 0.895 bits per heavy atom. The zero-order valence-electron chi connectivity index (χ0n) is 24.6. The van der Waals surface area contributed by atoms with Gasteiger partial charge in [0.25, 0.3) is 0 Å². The first-order chi connectivity index (χ1) is 18.2. The topological polar surface area (TPSA) is 27.0 Å². The zero-order chi connectivity index (χ0) is 28.1. The predicted molar refractivity (Wildman–Crippen MR) is 166 cm³/mol. The van der Waals surface area contributed by atoms with E-state index < -0.39 is 0 Å². The largest absolute Gasteiger partial charge is 0.364 e. The lowest BCUT2D eigenvalue weighted by atomic mass is 9.93. The lowest BCUT2D eigenvalue weighted by Gasteiger charge is -2.39. The highest BCUT2D eigenvalue weighted by Gasteiger charge is 2.25. The number of piperidine rings is 1. The molecule has 0 unspecified atom stereocenters. The molecule has 38 heavy (non-hydrogen) atoms. The first kappa shape index (κ1) is 31.5. The normalized spacial score (nSPS) is 14.8. The number of benzene rings is 3. The quantitative estimate of drug-likeness (QED) is 0.328. The van der Waals surface area contributed by atoms with Crippen molar-refractivity contribution in [3.8, 4) is 6.07 Å². The molecule has 1 heterocycles. The van der Waals surface area contributed by atoms with Crippen LogP contribution in [0.2, 0.25) is 5.02 Å². The van der Waals surface area contributed by atoms with Gasteiger partial charge in [-0.15, -0.1) is 0 Å². The summed E-state index contributed by atoms with van der Waals surface area (Å²) in [6.07, 6.45) is 6.45. The highest BCUT2D eigenvalue weighted by molar-refractivity contribution is 6.30. The van der Waals surface area contributed by atoms with E-state index in [4.69, 9.17) is 16.9 Å². The van der Waals surface area contributed by atoms with Gasteiger partial charge in [0.15, 0.2) is 0 Å². The summed E-state index contributed by atoms with van der Waals surface area (Å²) >= 11 is 6.03. The minimum absolute atomic E-state index is 0.470. The molecule has 0 bridgehead atoms. The van der Waals surface area contributed by atoms with Gasteiger partial charge in [-0.05, 0) is 92.0 Å². The molecule has 204 valence electrons. The smallest absolute Gasteiger partial charge is 0.0991 e. The van der Waals surface area contributed by atoms with Crippen molar-refractivity contribution in [1.82, 2.24) is 0 Å². The van der Waals surface area contributed by atoms with Crippen LogP contribution in [0, 0.1) is 31.1 Å². The summed E-state index contributed by atoms with van der Waals surface area (Å²) in [5, 5.41) is 9.33. The molecule has 1 atom stereocenters. The van der Waals surface area contributed by atoms with Crippen molar-refractivity contribution in [2.24, 2.45) is 5.92 Å². The molecule has 0 amide bonds. The third-order valence-electron chi connectivity index (χ3n) is 7.52. The van der Waals surface area contributed by atoms with E-state index in [2.05, 4.69) is 89.8 Å². The Bertz CT molecular complexity index is 1120. The summed E-state index contributed by atoms with van der Waals surface area (Å²) in [6.45, 7) is 16.5. The van der Waals surface area contributed by atoms with Gasteiger partial charge >= 0.3 is 0 Å². The molecule has 3 aromatic rings. The van der Waals surface area contributed by atoms with Crippen LogP contribution in [-0.2, 0) is 0 Å². The second kappa shape index (κ2) is 16.3. The molecular weight excluding hydrogens is 484 g/mol. The van der Waals surface area contributed by atoms with E-state index in [0.717, 1.165) is 23.0 Å². The van der Waals surface area contributed by atoms with E-state index in [1.165, 1.54) is 60.0 Å². The molecule has 0 spiro atoms. The van der Waals surface area contributed by atoms with Crippen molar-refractivity contribution in [3.63, 3.8) is 0 Å². The van der Waals surface area contributed by atoms with Crippen molar-refractivity contribution < 1.29 is 0 Å². The lowest BCUT2D eigenvalue weighted by Crippen LogP contribution is -2.33. The predicted octanol–water partition coefficient (Wildman–Crippen LogP) is 10.8. The van der Waals surface area contributed by atoms with Crippen LogP contribution in [0.4, 0.5) is 5.69 Å². The fourth-order valence-electron chi connectivity index (χ4n) is 4.61. The van der Waals surface area contributed by atoms with Crippen LogP contribution in [0.1, 0.15) is 106 Å². The number of hydrogen-bond acceptors (Lipinski definition) is 2. The Hall–Kier alpha value is -2.76. The minimum Gasteiger partial charge on any atom is -0.364 e. The fraction of sp³-hybridized carbons (Fsp3) is 0.457. The van der Waals surface area contributed by atoms with E-state index in [1.807, 2.05) is 36.4 Å². The van der Waals surface area contributed by atoms with E-state index in [0.29, 0.717) is 12.0 Å². The van der Waals surface area contributed by atoms with E-state index in [9.17, 15) is 0 Å². The molecule has 0 aromatic heterocycles.